The fourth-order valence-electron chi connectivity index (χ4n) is 4.43. The summed E-state index contributed by atoms with van der Waals surface area (Å²) < 4.78 is 7.89. The van der Waals surface area contributed by atoms with E-state index in [4.69, 9.17) is 9.72 Å². The maximum absolute atomic E-state index is 12.6. The SMILES string of the molecule is C=CC(=O)N1CCC(Oc2ccc([C@H](C)Nc3ncc4ccc(=O)n([C@@H](C)C(C)C)c4n3)cc2)CC1. The minimum atomic E-state index is -0.0602. The van der Waals surface area contributed by atoms with Crippen molar-refractivity contribution in [3.8, 4) is 5.75 Å². The number of amides is 1. The van der Waals surface area contributed by atoms with E-state index in [1.807, 2.05) is 38.1 Å². The second-order valence-electron chi connectivity index (χ2n) is 9.78. The fourth-order valence-corrected chi connectivity index (χ4v) is 4.43. The minimum Gasteiger partial charge on any atom is -0.490 e. The topological polar surface area (TPSA) is 89.4 Å². The lowest BCUT2D eigenvalue weighted by atomic mass is 10.1. The van der Waals surface area contributed by atoms with Crippen LogP contribution in [0.1, 0.15) is 58.2 Å². The van der Waals surface area contributed by atoms with E-state index in [1.54, 1.807) is 27.8 Å². The van der Waals surface area contributed by atoms with Crippen LogP contribution in [0.2, 0.25) is 0 Å². The summed E-state index contributed by atoms with van der Waals surface area (Å²) in [6, 6.07) is 11.3. The second kappa shape index (κ2) is 10.9. The number of carbonyl (C=O) groups excluding carboxylic acids is 1. The molecule has 4 rings (SSSR count). The molecule has 0 unspecified atom stereocenters. The third kappa shape index (κ3) is 5.58. The van der Waals surface area contributed by atoms with Crippen molar-refractivity contribution in [2.24, 2.45) is 5.92 Å². The molecule has 0 aliphatic carbocycles. The molecule has 3 heterocycles. The monoisotopic (exact) mass is 489 g/mol. The quantitative estimate of drug-likeness (QED) is 0.460. The van der Waals surface area contributed by atoms with E-state index >= 15 is 0 Å². The van der Waals surface area contributed by atoms with Crippen LogP contribution in [0.3, 0.4) is 0 Å². The summed E-state index contributed by atoms with van der Waals surface area (Å²) in [5.74, 6) is 1.56. The molecule has 1 amide bonds. The molecular formula is C28H35N5O3. The third-order valence-corrected chi connectivity index (χ3v) is 7.00. The number of piperidine rings is 1. The second-order valence-corrected chi connectivity index (χ2v) is 9.78. The molecule has 190 valence electrons. The minimum absolute atomic E-state index is 0.0172. The van der Waals surface area contributed by atoms with Crippen molar-refractivity contribution in [3.63, 3.8) is 0 Å². The van der Waals surface area contributed by atoms with Gasteiger partial charge in [0.05, 0.1) is 6.04 Å². The number of carbonyl (C=O) groups is 1. The van der Waals surface area contributed by atoms with Gasteiger partial charge >= 0.3 is 0 Å². The molecule has 1 aliphatic heterocycles. The van der Waals surface area contributed by atoms with E-state index in [1.165, 1.54) is 6.08 Å². The summed E-state index contributed by atoms with van der Waals surface area (Å²) in [7, 11) is 0. The van der Waals surface area contributed by atoms with Gasteiger partial charge in [-0.2, -0.15) is 4.98 Å². The van der Waals surface area contributed by atoms with Crippen LogP contribution in [-0.2, 0) is 4.79 Å². The maximum atomic E-state index is 12.6. The summed E-state index contributed by atoms with van der Waals surface area (Å²) >= 11 is 0. The Morgan fingerprint density at radius 3 is 2.44 bits per heavy atom. The van der Waals surface area contributed by atoms with Crippen molar-refractivity contribution in [1.29, 1.82) is 0 Å². The number of likely N-dealkylation sites (tertiary alicyclic amines) is 1. The molecule has 1 saturated heterocycles. The fraction of sp³-hybridized carbons (Fsp3) is 0.429. The van der Waals surface area contributed by atoms with E-state index in [9.17, 15) is 9.59 Å². The molecule has 0 bridgehead atoms. The van der Waals surface area contributed by atoms with Crippen LogP contribution in [0.5, 0.6) is 5.75 Å². The van der Waals surface area contributed by atoms with Crippen LogP contribution < -0.4 is 15.6 Å². The van der Waals surface area contributed by atoms with Gasteiger partial charge in [0.15, 0.2) is 0 Å². The Labute approximate surface area is 212 Å². The molecule has 0 saturated carbocycles. The number of nitrogens with zero attached hydrogens (tertiary/aromatic N) is 4. The molecule has 2 aromatic heterocycles. The normalized spacial score (nSPS) is 16.1. The molecular weight excluding hydrogens is 454 g/mol. The predicted octanol–water partition coefficient (Wildman–Crippen LogP) is 4.74. The van der Waals surface area contributed by atoms with Gasteiger partial charge in [0.1, 0.15) is 17.5 Å². The predicted molar refractivity (Wildman–Crippen MR) is 142 cm³/mol. The first-order valence-electron chi connectivity index (χ1n) is 12.6. The molecule has 1 fully saturated rings. The lowest BCUT2D eigenvalue weighted by molar-refractivity contribution is -0.127. The Bertz CT molecular complexity index is 1280. The van der Waals surface area contributed by atoms with E-state index in [2.05, 4.69) is 30.7 Å². The number of benzene rings is 1. The van der Waals surface area contributed by atoms with Crippen molar-refractivity contribution < 1.29 is 9.53 Å². The van der Waals surface area contributed by atoms with Crippen molar-refractivity contribution in [2.45, 2.75) is 58.7 Å². The number of aromatic nitrogens is 3. The largest absolute Gasteiger partial charge is 0.490 e. The Balaban J connectivity index is 1.43. The molecule has 1 aromatic carbocycles. The summed E-state index contributed by atoms with van der Waals surface area (Å²) in [5.41, 5.74) is 1.64. The van der Waals surface area contributed by atoms with Crippen LogP contribution in [-0.4, -0.2) is 44.5 Å². The first-order valence-corrected chi connectivity index (χ1v) is 12.6. The molecule has 0 spiro atoms. The number of hydrogen-bond donors (Lipinski definition) is 1. The Morgan fingerprint density at radius 2 is 1.81 bits per heavy atom. The van der Waals surface area contributed by atoms with Gasteiger partial charge < -0.3 is 15.0 Å². The Kier molecular flexibility index (Phi) is 7.72. The molecule has 1 N–H and O–H groups in total. The summed E-state index contributed by atoms with van der Waals surface area (Å²) in [5, 5.41) is 4.20. The van der Waals surface area contributed by atoms with Crippen molar-refractivity contribution in [1.82, 2.24) is 19.4 Å². The van der Waals surface area contributed by atoms with Crippen LogP contribution in [0, 0.1) is 5.92 Å². The van der Waals surface area contributed by atoms with Gasteiger partial charge in [-0.3, -0.25) is 14.2 Å². The van der Waals surface area contributed by atoms with Gasteiger partial charge in [-0.15, -0.1) is 0 Å². The maximum Gasteiger partial charge on any atom is 0.252 e. The van der Waals surface area contributed by atoms with Crippen LogP contribution >= 0.6 is 0 Å². The highest BCUT2D eigenvalue weighted by Gasteiger charge is 2.22. The van der Waals surface area contributed by atoms with Gasteiger partial charge in [-0.1, -0.05) is 32.6 Å². The van der Waals surface area contributed by atoms with Gasteiger partial charge in [0.2, 0.25) is 11.9 Å². The zero-order valence-corrected chi connectivity index (χ0v) is 21.5. The lowest BCUT2D eigenvalue weighted by Crippen LogP contribution is -2.41. The Hall–Kier alpha value is -3.68. The number of pyridine rings is 1. The van der Waals surface area contributed by atoms with Gasteiger partial charge in [0, 0.05) is 49.6 Å². The summed E-state index contributed by atoms with van der Waals surface area (Å²) in [6.07, 6.45) is 4.82. The molecule has 1 aliphatic rings. The van der Waals surface area contributed by atoms with Crippen LogP contribution in [0.4, 0.5) is 5.95 Å². The van der Waals surface area contributed by atoms with Gasteiger partial charge in [0.25, 0.3) is 5.56 Å². The van der Waals surface area contributed by atoms with Crippen LogP contribution in [0.25, 0.3) is 11.0 Å². The molecule has 0 radical (unpaired) electrons. The molecule has 2 atom stereocenters. The standard InChI is InChI=1S/C28H35N5O3/c1-6-25(34)32-15-13-24(14-16-32)36-23-10-7-21(8-11-23)19(4)30-28-29-17-22-9-12-26(35)33(27(22)31-28)20(5)18(2)3/h6-12,17-20,24H,1,13-16H2,2-5H3,(H,29,30,31)/t19-,20-/m0/s1. The number of hydrogen-bond acceptors (Lipinski definition) is 6. The highest BCUT2D eigenvalue weighted by atomic mass is 16.5. The first-order chi connectivity index (χ1) is 17.3. The number of rotatable bonds is 8. The van der Waals surface area contributed by atoms with Crippen molar-refractivity contribution in [2.75, 3.05) is 18.4 Å². The molecule has 36 heavy (non-hydrogen) atoms. The number of anilines is 1. The van der Waals surface area contributed by atoms with Crippen molar-refractivity contribution >= 4 is 22.9 Å². The number of nitrogens with one attached hydrogen (secondary N) is 1. The van der Waals surface area contributed by atoms with Gasteiger partial charge in [-0.05, 0) is 49.6 Å². The molecule has 8 nitrogen and oxygen atoms in total. The summed E-state index contributed by atoms with van der Waals surface area (Å²) in [6.45, 7) is 13.2. The summed E-state index contributed by atoms with van der Waals surface area (Å²) in [4.78, 5) is 35.4. The average molecular weight is 490 g/mol. The van der Waals surface area contributed by atoms with E-state index in [0.29, 0.717) is 30.6 Å². The third-order valence-electron chi connectivity index (χ3n) is 7.00. The smallest absolute Gasteiger partial charge is 0.252 e. The van der Waals surface area contributed by atoms with Gasteiger partial charge in [-0.25, -0.2) is 4.98 Å². The Morgan fingerprint density at radius 1 is 1.11 bits per heavy atom. The van der Waals surface area contributed by atoms with Crippen molar-refractivity contribution in [3.05, 3.63) is 71.2 Å². The van der Waals surface area contributed by atoms with E-state index < -0.39 is 0 Å². The van der Waals surface area contributed by atoms with E-state index in [0.717, 1.165) is 29.5 Å². The molecule has 3 aromatic rings. The first kappa shape index (κ1) is 25.4. The molecule has 8 heteroatoms. The average Bonchev–Trinajstić information content (AvgIpc) is 2.88. The van der Waals surface area contributed by atoms with E-state index in [-0.39, 0.29) is 29.7 Å². The highest BCUT2D eigenvalue weighted by molar-refractivity contribution is 5.87. The zero-order chi connectivity index (χ0) is 25.8. The lowest BCUT2D eigenvalue weighted by Gasteiger charge is -2.31. The highest BCUT2D eigenvalue weighted by Crippen LogP contribution is 2.25. The number of ether oxygens (including phenoxy) is 1. The zero-order valence-electron chi connectivity index (χ0n) is 21.5. The number of fused-ring (bicyclic) bond motifs is 1. The van der Waals surface area contributed by atoms with Crippen LogP contribution in [0.15, 0.2) is 60.0 Å².